The van der Waals surface area contributed by atoms with E-state index in [-0.39, 0.29) is 11.5 Å². The number of hydrogen-bond donors (Lipinski definition) is 2. The zero-order chi connectivity index (χ0) is 12.6. The van der Waals surface area contributed by atoms with E-state index in [1.165, 1.54) is 24.3 Å². The average Bonchev–Trinajstić information content (AvgIpc) is 3.12. The first-order valence-corrected chi connectivity index (χ1v) is 5.69. The summed E-state index contributed by atoms with van der Waals surface area (Å²) in [6.07, 6.45) is -1.06. The lowest BCUT2D eigenvalue weighted by Gasteiger charge is -2.30. The first kappa shape index (κ1) is 12.3. The van der Waals surface area contributed by atoms with E-state index < -0.39 is 17.7 Å². The van der Waals surface area contributed by atoms with E-state index in [0.29, 0.717) is 17.9 Å². The number of aliphatic hydroxyl groups is 1. The van der Waals surface area contributed by atoms with Crippen molar-refractivity contribution in [1.29, 1.82) is 0 Å². The van der Waals surface area contributed by atoms with Crippen LogP contribution in [0.1, 0.15) is 18.4 Å². The molecule has 0 bridgehead atoms. The quantitative estimate of drug-likeness (QED) is 0.872. The van der Waals surface area contributed by atoms with Crippen molar-refractivity contribution in [2.45, 2.75) is 24.6 Å². The molecular weight excluding hydrogens is 247 g/mol. The van der Waals surface area contributed by atoms with Crippen molar-refractivity contribution in [3.8, 4) is 0 Å². The average molecular weight is 259 g/mol. The molecule has 0 amide bonds. The van der Waals surface area contributed by atoms with E-state index >= 15 is 0 Å². The lowest BCUT2D eigenvalue weighted by molar-refractivity contribution is -0.157. The van der Waals surface area contributed by atoms with Crippen LogP contribution in [-0.4, -0.2) is 22.4 Å². The van der Waals surface area contributed by atoms with E-state index in [1.54, 1.807) is 0 Å². The molecule has 1 fully saturated rings. The Bertz CT molecular complexity index is 430. The van der Waals surface area contributed by atoms with Crippen LogP contribution in [0.15, 0.2) is 24.3 Å². The second kappa shape index (κ2) is 4.27. The van der Waals surface area contributed by atoms with Gasteiger partial charge in [0.1, 0.15) is 5.60 Å². The van der Waals surface area contributed by atoms with Crippen molar-refractivity contribution in [1.82, 2.24) is 0 Å². The SMILES string of the molecule is O=C(O)C(F)C(O)(c1ccc(Cl)cc1)C1CC1. The molecule has 1 aliphatic carbocycles. The number of carboxylic acids is 1. The van der Waals surface area contributed by atoms with E-state index in [9.17, 15) is 14.3 Å². The number of hydrogen-bond acceptors (Lipinski definition) is 2. The highest BCUT2D eigenvalue weighted by Crippen LogP contribution is 2.48. The van der Waals surface area contributed by atoms with Crippen molar-refractivity contribution < 1.29 is 19.4 Å². The van der Waals surface area contributed by atoms with E-state index in [2.05, 4.69) is 0 Å². The number of aliphatic carboxylic acids is 1. The van der Waals surface area contributed by atoms with Gasteiger partial charge in [-0.15, -0.1) is 0 Å². The Morgan fingerprint density at radius 1 is 1.41 bits per heavy atom. The number of carboxylic acid groups (broad SMARTS) is 1. The molecule has 0 aliphatic heterocycles. The van der Waals surface area contributed by atoms with Crippen LogP contribution in [0.5, 0.6) is 0 Å². The second-order valence-electron chi connectivity index (χ2n) is 4.31. The van der Waals surface area contributed by atoms with Crippen LogP contribution in [0.4, 0.5) is 4.39 Å². The molecule has 3 nitrogen and oxygen atoms in total. The Kier molecular flexibility index (Phi) is 3.10. The number of halogens is 2. The maximum Gasteiger partial charge on any atom is 0.341 e. The van der Waals surface area contributed by atoms with Gasteiger partial charge in [0.05, 0.1) is 0 Å². The highest BCUT2D eigenvalue weighted by atomic mass is 35.5. The number of carbonyl (C=O) groups is 1. The van der Waals surface area contributed by atoms with Gasteiger partial charge in [-0.2, -0.15) is 0 Å². The van der Waals surface area contributed by atoms with Crippen molar-refractivity contribution in [3.05, 3.63) is 34.9 Å². The minimum absolute atomic E-state index is 0.263. The van der Waals surface area contributed by atoms with Gasteiger partial charge in [-0.3, -0.25) is 0 Å². The Morgan fingerprint density at radius 3 is 2.35 bits per heavy atom. The summed E-state index contributed by atoms with van der Waals surface area (Å²) < 4.78 is 13.8. The third-order valence-electron chi connectivity index (χ3n) is 3.11. The third-order valence-corrected chi connectivity index (χ3v) is 3.36. The fourth-order valence-electron chi connectivity index (χ4n) is 2.02. The standard InChI is InChI=1S/C12H12ClFO3/c13-9-5-3-8(4-6-9)12(17,7-1-2-7)10(14)11(15)16/h3-7,10,17H,1-2H2,(H,15,16). The van der Waals surface area contributed by atoms with Crippen LogP contribution < -0.4 is 0 Å². The molecule has 0 radical (unpaired) electrons. The molecule has 0 heterocycles. The van der Waals surface area contributed by atoms with Gasteiger partial charge in [0, 0.05) is 5.02 Å². The molecule has 92 valence electrons. The maximum atomic E-state index is 13.8. The lowest BCUT2D eigenvalue weighted by Crippen LogP contribution is -2.43. The maximum absolute atomic E-state index is 13.8. The zero-order valence-corrected chi connectivity index (χ0v) is 9.69. The molecule has 1 aromatic rings. The van der Waals surface area contributed by atoms with Crippen LogP contribution in [0.3, 0.4) is 0 Å². The van der Waals surface area contributed by atoms with Gasteiger partial charge in [0.15, 0.2) is 0 Å². The van der Waals surface area contributed by atoms with Gasteiger partial charge in [0.25, 0.3) is 0 Å². The Labute approximate surface area is 103 Å². The van der Waals surface area contributed by atoms with Crippen LogP contribution >= 0.6 is 11.6 Å². The first-order valence-electron chi connectivity index (χ1n) is 5.31. The minimum atomic E-state index is -2.32. The summed E-state index contributed by atoms with van der Waals surface area (Å²) in [5.41, 5.74) is -1.68. The van der Waals surface area contributed by atoms with Gasteiger partial charge in [-0.1, -0.05) is 23.7 Å². The van der Waals surface area contributed by atoms with Crippen LogP contribution in [0, 0.1) is 5.92 Å². The van der Waals surface area contributed by atoms with Crippen LogP contribution in [0.25, 0.3) is 0 Å². The topological polar surface area (TPSA) is 57.5 Å². The third kappa shape index (κ3) is 2.15. The van der Waals surface area contributed by atoms with E-state index in [4.69, 9.17) is 16.7 Å². The molecule has 2 atom stereocenters. The highest BCUT2D eigenvalue weighted by molar-refractivity contribution is 6.30. The minimum Gasteiger partial charge on any atom is -0.479 e. The molecule has 1 saturated carbocycles. The second-order valence-corrected chi connectivity index (χ2v) is 4.74. The van der Waals surface area contributed by atoms with Gasteiger partial charge in [0.2, 0.25) is 6.17 Å². The molecule has 5 heteroatoms. The largest absolute Gasteiger partial charge is 0.479 e. The summed E-state index contributed by atoms with van der Waals surface area (Å²) in [7, 11) is 0. The van der Waals surface area contributed by atoms with Crippen molar-refractivity contribution in [2.24, 2.45) is 5.92 Å². The summed E-state index contributed by atoms with van der Waals surface area (Å²) in [5.74, 6) is -1.98. The smallest absolute Gasteiger partial charge is 0.341 e. The summed E-state index contributed by atoms with van der Waals surface area (Å²) in [5, 5.41) is 19.6. The normalized spacial score (nSPS) is 20.6. The van der Waals surface area contributed by atoms with Gasteiger partial charge < -0.3 is 10.2 Å². The van der Waals surface area contributed by atoms with Crippen LogP contribution in [-0.2, 0) is 10.4 Å². The summed E-state index contributed by atoms with van der Waals surface area (Å²) >= 11 is 5.71. The highest BCUT2D eigenvalue weighted by Gasteiger charge is 2.54. The summed E-state index contributed by atoms with van der Waals surface area (Å²) in [4.78, 5) is 10.8. The fraction of sp³-hybridized carbons (Fsp3) is 0.417. The predicted octanol–water partition coefficient (Wildman–Crippen LogP) is 2.36. The van der Waals surface area contributed by atoms with Gasteiger partial charge >= 0.3 is 5.97 Å². The molecule has 2 N–H and O–H groups in total. The zero-order valence-electron chi connectivity index (χ0n) is 8.94. The van der Waals surface area contributed by atoms with Crippen LogP contribution in [0.2, 0.25) is 5.02 Å². The molecule has 2 unspecified atom stereocenters. The molecule has 0 aromatic heterocycles. The molecule has 1 aliphatic rings. The predicted molar refractivity (Wildman–Crippen MR) is 60.6 cm³/mol. The molecule has 0 saturated heterocycles. The van der Waals surface area contributed by atoms with Crippen molar-refractivity contribution >= 4 is 17.6 Å². The van der Waals surface area contributed by atoms with Gasteiger partial charge in [-0.25, -0.2) is 9.18 Å². The van der Waals surface area contributed by atoms with Crippen molar-refractivity contribution in [2.75, 3.05) is 0 Å². The molecule has 0 spiro atoms. The fourth-order valence-corrected chi connectivity index (χ4v) is 2.14. The van der Waals surface area contributed by atoms with E-state index in [1.807, 2.05) is 0 Å². The number of rotatable bonds is 4. The Morgan fingerprint density at radius 2 is 1.94 bits per heavy atom. The molecule has 17 heavy (non-hydrogen) atoms. The molecule has 2 rings (SSSR count). The Balaban J connectivity index is 2.40. The van der Waals surface area contributed by atoms with Gasteiger partial charge in [-0.05, 0) is 36.5 Å². The lowest BCUT2D eigenvalue weighted by atomic mass is 9.84. The number of benzene rings is 1. The number of alkyl halides is 1. The van der Waals surface area contributed by atoms with E-state index in [0.717, 1.165) is 0 Å². The first-order chi connectivity index (χ1) is 7.96. The van der Waals surface area contributed by atoms with Crippen molar-refractivity contribution in [3.63, 3.8) is 0 Å². The Hall–Kier alpha value is -1.13. The monoisotopic (exact) mass is 258 g/mol. The molecular formula is C12H12ClFO3. The summed E-state index contributed by atoms with van der Waals surface area (Å²) in [6, 6.07) is 5.96. The molecule has 1 aromatic carbocycles. The summed E-state index contributed by atoms with van der Waals surface area (Å²) in [6.45, 7) is 0.